The Morgan fingerprint density at radius 2 is 2.00 bits per heavy atom. The molecule has 0 aliphatic rings. The Balaban J connectivity index is 1.52. The minimum Gasteiger partial charge on any atom is -0.296 e. The molecule has 1 heterocycles. The summed E-state index contributed by atoms with van der Waals surface area (Å²) >= 11 is 8.61. The molecule has 0 unspecified atom stereocenters. The van der Waals surface area contributed by atoms with E-state index in [4.69, 9.17) is 11.6 Å². The van der Waals surface area contributed by atoms with Crippen molar-refractivity contribution in [1.29, 1.82) is 0 Å². The predicted molar refractivity (Wildman–Crippen MR) is 111 cm³/mol. The van der Waals surface area contributed by atoms with Crippen molar-refractivity contribution in [1.82, 2.24) is 10.2 Å². The predicted octanol–water partition coefficient (Wildman–Crippen LogP) is 5.08. The number of thioether (sulfide) groups is 1. The molecule has 0 aliphatic carbocycles. The van der Waals surface area contributed by atoms with Gasteiger partial charge in [-0.25, -0.2) is 0 Å². The van der Waals surface area contributed by atoms with E-state index in [-0.39, 0.29) is 16.3 Å². The topological polar surface area (TPSA) is 98.0 Å². The van der Waals surface area contributed by atoms with Gasteiger partial charge in [0.1, 0.15) is 5.02 Å². The number of nitro benzene ring substituents is 1. The summed E-state index contributed by atoms with van der Waals surface area (Å²) in [6.07, 6.45) is 2.00. The lowest BCUT2D eigenvalue weighted by Crippen LogP contribution is -2.12. The molecule has 2 aromatic carbocycles. The maximum atomic E-state index is 12.3. The van der Waals surface area contributed by atoms with Crippen molar-refractivity contribution in [2.24, 2.45) is 0 Å². The summed E-state index contributed by atoms with van der Waals surface area (Å²) in [5.74, 6) is 0.387. The highest BCUT2D eigenvalue weighted by atomic mass is 35.5. The Bertz CT molecular complexity index is 982. The summed E-state index contributed by atoms with van der Waals surface area (Å²) in [6.45, 7) is 0. The molecule has 0 atom stereocenters. The van der Waals surface area contributed by atoms with Gasteiger partial charge in [-0.2, -0.15) is 0 Å². The summed E-state index contributed by atoms with van der Waals surface area (Å²) in [5, 5.41) is 21.9. The molecule has 144 valence electrons. The zero-order chi connectivity index (χ0) is 19.9. The molecule has 0 bridgehead atoms. The van der Waals surface area contributed by atoms with Gasteiger partial charge in [-0.15, -0.1) is 10.2 Å². The molecule has 0 spiro atoms. The number of halogens is 1. The molecule has 0 aliphatic heterocycles. The molecule has 10 heteroatoms. The number of benzene rings is 2. The third-order valence-electron chi connectivity index (χ3n) is 3.71. The molecule has 0 saturated heterocycles. The van der Waals surface area contributed by atoms with E-state index in [9.17, 15) is 14.9 Å². The number of aryl methyl sites for hydroxylation is 1. The second-order valence-corrected chi connectivity index (χ2v) is 8.41. The number of nitro groups is 1. The van der Waals surface area contributed by atoms with Crippen LogP contribution in [0.2, 0.25) is 5.02 Å². The molecule has 3 rings (SSSR count). The van der Waals surface area contributed by atoms with E-state index in [1.165, 1.54) is 29.0 Å². The zero-order valence-corrected chi connectivity index (χ0v) is 16.9. The Morgan fingerprint density at radius 3 is 2.75 bits per heavy atom. The number of carbonyl (C=O) groups is 1. The van der Waals surface area contributed by atoms with E-state index in [1.54, 1.807) is 11.8 Å². The highest BCUT2D eigenvalue weighted by Gasteiger charge is 2.17. The molecule has 0 fully saturated rings. The van der Waals surface area contributed by atoms with Crippen molar-refractivity contribution in [3.63, 3.8) is 0 Å². The van der Waals surface area contributed by atoms with Crippen LogP contribution >= 0.6 is 34.7 Å². The molecular formula is C18H15ClN4O3S2. The number of nitrogens with one attached hydrogen (secondary N) is 1. The third-order valence-corrected chi connectivity index (χ3v) is 6.09. The van der Waals surface area contributed by atoms with Gasteiger partial charge in [-0.1, -0.05) is 65.0 Å². The smallest absolute Gasteiger partial charge is 0.288 e. The maximum Gasteiger partial charge on any atom is 0.288 e. The van der Waals surface area contributed by atoms with Crippen LogP contribution < -0.4 is 5.32 Å². The van der Waals surface area contributed by atoms with Crippen LogP contribution in [0.5, 0.6) is 0 Å². The normalized spacial score (nSPS) is 10.6. The van der Waals surface area contributed by atoms with Crippen molar-refractivity contribution in [3.8, 4) is 0 Å². The number of anilines is 1. The molecule has 7 nitrogen and oxygen atoms in total. The standard InChI is InChI=1S/C18H15ClN4O3S2/c19-14-9-8-13(11-15(14)23(25)26)16(24)20-17-21-22-18(28-17)27-10-4-7-12-5-2-1-3-6-12/h1-3,5-6,8-9,11H,4,7,10H2,(H,20,21,24). The number of rotatable bonds is 8. The van der Waals surface area contributed by atoms with Crippen molar-refractivity contribution in [3.05, 3.63) is 74.8 Å². The maximum absolute atomic E-state index is 12.3. The summed E-state index contributed by atoms with van der Waals surface area (Å²) in [7, 11) is 0. The van der Waals surface area contributed by atoms with E-state index >= 15 is 0 Å². The summed E-state index contributed by atoms with van der Waals surface area (Å²) in [5.41, 5.74) is 1.11. The van der Waals surface area contributed by atoms with E-state index in [0.717, 1.165) is 29.0 Å². The lowest BCUT2D eigenvalue weighted by Gasteiger charge is -2.02. The van der Waals surface area contributed by atoms with Crippen LogP contribution in [-0.4, -0.2) is 26.8 Å². The average molecular weight is 435 g/mol. The second-order valence-electron chi connectivity index (χ2n) is 5.69. The van der Waals surface area contributed by atoms with Crippen LogP contribution in [0.25, 0.3) is 0 Å². The number of hydrogen-bond acceptors (Lipinski definition) is 7. The summed E-state index contributed by atoms with van der Waals surface area (Å²) < 4.78 is 0.755. The van der Waals surface area contributed by atoms with Crippen molar-refractivity contribution < 1.29 is 9.72 Å². The number of amides is 1. The van der Waals surface area contributed by atoms with Gasteiger partial charge in [0.05, 0.1) is 4.92 Å². The van der Waals surface area contributed by atoms with Crippen LogP contribution in [0.15, 0.2) is 52.9 Å². The van der Waals surface area contributed by atoms with Crippen LogP contribution in [0.1, 0.15) is 22.3 Å². The Morgan fingerprint density at radius 1 is 1.21 bits per heavy atom. The lowest BCUT2D eigenvalue weighted by molar-refractivity contribution is -0.384. The van der Waals surface area contributed by atoms with Gasteiger partial charge in [-0.3, -0.25) is 20.2 Å². The molecule has 1 N–H and O–H groups in total. The van der Waals surface area contributed by atoms with Gasteiger partial charge >= 0.3 is 0 Å². The second kappa shape index (κ2) is 9.63. The molecule has 3 aromatic rings. The number of aromatic nitrogens is 2. The fourth-order valence-corrected chi connectivity index (χ4v) is 4.31. The van der Waals surface area contributed by atoms with Crippen LogP contribution in [0.4, 0.5) is 10.8 Å². The number of carbonyl (C=O) groups excluding carboxylic acids is 1. The molecule has 0 saturated carbocycles. The minimum absolute atomic E-state index is 0.0216. The van der Waals surface area contributed by atoms with Crippen LogP contribution in [-0.2, 0) is 6.42 Å². The van der Waals surface area contributed by atoms with Crippen molar-refractivity contribution in [2.75, 3.05) is 11.1 Å². The first-order chi connectivity index (χ1) is 13.5. The number of hydrogen-bond donors (Lipinski definition) is 1. The molecule has 1 amide bonds. The molecule has 28 heavy (non-hydrogen) atoms. The highest BCUT2D eigenvalue weighted by Crippen LogP contribution is 2.28. The van der Waals surface area contributed by atoms with Gasteiger partial charge in [0, 0.05) is 17.4 Å². The van der Waals surface area contributed by atoms with Crippen LogP contribution in [0, 0.1) is 10.1 Å². The van der Waals surface area contributed by atoms with Crippen molar-refractivity contribution in [2.45, 2.75) is 17.2 Å². The highest BCUT2D eigenvalue weighted by molar-refractivity contribution is 8.01. The Kier molecular flexibility index (Phi) is 6.96. The van der Waals surface area contributed by atoms with E-state index in [0.29, 0.717) is 5.13 Å². The summed E-state index contributed by atoms with van der Waals surface area (Å²) in [6, 6.07) is 14.1. The van der Waals surface area contributed by atoms with Gasteiger partial charge in [0.15, 0.2) is 4.34 Å². The summed E-state index contributed by atoms with van der Waals surface area (Å²) in [4.78, 5) is 22.6. The monoisotopic (exact) mass is 434 g/mol. The Labute approximate surface area is 174 Å². The average Bonchev–Trinajstić information content (AvgIpc) is 3.13. The lowest BCUT2D eigenvalue weighted by atomic mass is 10.1. The van der Waals surface area contributed by atoms with E-state index in [2.05, 4.69) is 27.6 Å². The fraction of sp³-hybridized carbons (Fsp3) is 0.167. The van der Waals surface area contributed by atoms with Crippen molar-refractivity contribution >= 4 is 51.4 Å². The molecular weight excluding hydrogens is 420 g/mol. The van der Waals surface area contributed by atoms with Crippen LogP contribution in [0.3, 0.4) is 0 Å². The SMILES string of the molecule is O=C(Nc1nnc(SCCCc2ccccc2)s1)c1ccc(Cl)c([N+](=O)[O-])c1. The quantitative estimate of drug-likeness (QED) is 0.174. The van der Waals surface area contributed by atoms with E-state index < -0.39 is 10.8 Å². The first-order valence-corrected chi connectivity index (χ1v) is 10.5. The van der Waals surface area contributed by atoms with E-state index in [1.807, 2.05) is 18.2 Å². The third kappa shape index (κ3) is 5.51. The van der Waals surface area contributed by atoms with Gasteiger partial charge < -0.3 is 0 Å². The minimum atomic E-state index is -0.631. The number of nitrogens with zero attached hydrogens (tertiary/aromatic N) is 3. The first kappa shape index (κ1) is 20.2. The molecule has 0 radical (unpaired) electrons. The zero-order valence-electron chi connectivity index (χ0n) is 14.5. The first-order valence-electron chi connectivity index (χ1n) is 8.28. The molecule has 1 aromatic heterocycles. The largest absolute Gasteiger partial charge is 0.296 e. The van der Waals surface area contributed by atoms with Gasteiger partial charge in [0.2, 0.25) is 5.13 Å². The van der Waals surface area contributed by atoms with Gasteiger partial charge in [0.25, 0.3) is 11.6 Å². The van der Waals surface area contributed by atoms with Gasteiger partial charge in [-0.05, 0) is 30.5 Å². The fourth-order valence-electron chi connectivity index (χ4n) is 2.36. The Hall–Kier alpha value is -2.49.